The molecular weight excluding hydrogens is 262 g/mol. The van der Waals surface area contributed by atoms with Crippen molar-refractivity contribution in [3.8, 4) is 10.6 Å². The van der Waals surface area contributed by atoms with E-state index in [1.807, 2.05) is 23.7 Å². The Bertz CT molecular complexity index is 531. The lowest BCUT2D eigenvalue weighted by atomic mass is 10.1. The Morgan fingerprint density at radius 2 is 2.37 bits per heavy atom. The van der Waals surface area contributed by atoms with Crippen molar-refractivity contribution in [3.05, 3.63) is 34.8 Å². The first-order chi connectivity index (χ1) is 9.27. The fraction of sp³-hybridized carbons (Fsp3) is 0.357. The standard InChI is InChI=1S/C14H17NO3S/c1-2-18-14(17)12-10(5-3-7-16)9-15-13(12)11-6-4-8-19-11/h4,6,8-9,15-16H,2-3,5,7H2,1H3. The highest BCUT2D eigenvalue weighted by Gasteiger charge is 2.21. The van der Waals surface area contributed by atoms with Gasteiger partial charge in [-0.2, -0.15) is 0 Å². The number of aromatic amines is 1. The van der Waals surface area contributed by atoms with E-state index in [2.05, 4.69) is 4.98 Å². The van der Waals surface area contributed by atoms with Crippen LogP contribution in [-0.2, 0) is 11.2 Å². The second-order valence-electron chi connectivity index (χ2n) is 4.09. The van der Waals surface area contributed by atoms with E-state index in [0.29, 0.717) is 25.0 Å². The Kier molecular flexibility index (Phi) is 4.76. The topological polar surface area (TPSA) is 62.3 Å². The van der Waals surface area contributed by atoms with Gasteiger partial charge in [-0.3, -0.25) is 0 Å². The predicted octanol–water partition coefficient (Wildman–Crippen LogP) is 2.84. The van der Waals surface area contributed by atoms with Crippen LogP contribution < -0.4 is 0 Å². The third-order valence-electron chi connectivity index (χ3n) is 2.81. The van der Waals surface area contributed by atoms with Gasteiger partial charge < -0.3 is 14.8 Å². The fourth-order valence-electron chi connectivity index (χ4n) is 1.98. The van der Waals surface area contributed by atoms with Crippen LogP contribution in [0.25, 0.3) is 10.6 Å². The summed E-state index contributed by atoms with van der Waals surface area (Å²) in [6.45, 7) is 2.26. The van der Waals surface area contributed by atoms with E-state index in [1.54, 1.807) is 18.3 Å². The summed E-state index contributed by atoms with van der Waals surface area (Å²) in [4.78, 5) is 16.3. The molecule has 102 valence electrons. The first-order valence-corrected chi connectivity index (χ1v) is 7.18. The minimum Gasteiger partial charge on any atom is -0.462 e. The molecule has 2 rings (SSSR count). The van der Waals surface area contributed by atoms with Gasteiger partial charge in [-0.25, -0.2) is 4.79 Å². The van der Waals surface area contributed by atoms with E-state index in [1.165, 1.54) is 0 Å². The van der Waals surface area contributed by atoms with E-state index >= 15 is 0 Å². The van der Waals surface area contributed by atoms with Crippen molar-refractivity contribution in [2.75, 3.05) is 13.2 Å². The minimum absolute atomic E-state index is 0.113. The lowest BCUT2D eigenvalue weighted by Gasteiger charge is -2.05. The monoisotopic (exact) mass is 279 g/mol. The molecule has 0 spiro atoms. The van der Waals surface area contributed by atoms with Crippen LogP contribution in [0.5, 0.6) is 0 Å². The Morgan fingerprint density at radius 3 is 3.00 bits per heavy atom. The van der Waals surface area contributed by atoms with E-state index in [9.17, 15) is 4.79 Å². The molecule has 0 fully saturated rings. The van der Waals surface area contributed by atoms with E-state index in [0.717, 1.165) is 16.1 Å². The third-order valence-corrected chi connectivity index (χ3v) is 3.70. The lowest BCUT2D eigenvalue weighted by Crippen LogP contribution is -2.08. The Balaban J connectivity index is 2.38. The van der Waals surface area contributed by atoms with Crippen molar-refractivity contribution in [3.63, 3.8) is 0 Å². The second-order valence-corrected chi connectivity index (χ2v) is 5.04. The second kappa shape index (κ2) is 6.54. The number of carbonyl (C=O) groups is 1. The zero-order chi connectivity index (χ0) is 13.7. The average Bonchev–Trinajstić information content (AvgIpc) is 3.05. The summed E-state index contributed by atoms with van der Waals surface area (Å²) in [6, 6.07) is 3.91. The van der Waals surface area contributed by atoms with Crippen molar-refractivity contribution >= 4 is 17.3 Å². The summed E-state index contributed by atoms with van der Waals surface area (Å²) in [5, 5.41) is 10.9. The van der Waals surface area contributed by atoms with E-state index < -0.39 is 0 Å². The number of thiophene rings is 1. The summed E-state index contributed by atoms with van der Waals surface area (Å²) in [7, 11) is 0. The normalized spacial score (nSPS) is 10.6. The summed E-state index contributed by atoms with van der Waals surface area (Å²) >= 11 is 1.57. The number of aryl methyl sites for hydroxylation is 1. The van der Waals surface area contributed by atoms with E-state index in [4.69, 9.17) is 9.84 Å². The molecule has 19 heavy (non-hydrogen) atoms. The number of H-pyrrole nitrogens is 1. The molecule has 0 radical (unpaired) electrons. The Hall–Kier alpha value is -1.59. The molecule has 4 nitrogen and oxygen atoms in total. The highest BCUT2D eigenvalue weighted by atomic mass is 32.1. The quantitative estimate of drug-likeness (QED) is 0.799. The maximum atomic E-state index is 12.1. The molecule has 0 amide bonds. The number of hydrogen-bond donors (Lipinski definition) is 2. The van der Waals surface area contributed by atoms with Crippen LogP contribution in [0.15, 0.2) is 23.7 Å². The van der Waals surface area contributed by atoms with Crippen molar-refractivity contribution in [1.82, 2.24) is 4.98 Å². The molecule has 0 saturated carbocycles. The largest absolute Gasteiger partial charge is 0.462 e. The van der Waals surface area contributed by atoms with Gasteiger partial charge in [0.05, 0.1) is 22.7 Å². The number of hydrogen-bond acceptors (Lipinski definition) is 4. The Morgan fingerprint density at radius 1 is 1.53 bits per heavy atom. The van der Waals surface area contributed by atoms with Crippen LogP contribution in [-0.4, -0.2) is 29.3 Å². The van der Waals surface area contributed by atoms with Gasteiger partial charge in [0.1, 0.15) is 0 Å². The lowest BCUT2D eigenvalue weighted by molar-refractivity contribution is 0.0526. The molecule has 2 aromatic rings. The number of aromatic nitrogens is 1. The van der Waals surface area contributed by atoms with Gasteiger partial charge in [0.25, 0.3) is 0 Å². The molecule has 0 saturated heterocycles. The van der Waals surface area contributed by atoms with Gasteiger partial charge in [0.2, 0.25) is 0 Å². The zero-order valence-electron chi connectivity index (χ0n) is 10.8. The summed E-state index contributed by atoms with van der Waals surface area (Å²) < 4.78 is 5.13. The molecule has 2 N–H and O–H groups in total. The molecule has 0 aliphatic heterocycles. The van der Waals surface area contributed by atoms with Crippen LogP contribution in [0, 0.1) is 0 Å². The predicted molar refractivity (Wildman–Crippen MR) is 75.5 cm³/mol. The maximum absolute atomic E-state index is 12.1. The SMILES string of the molecule is CCOC(=O)c1c(CCCO)c[nH]c1-c1cccs1. The first-order valence-electron chi connectivity index (χ1n) is 6.30. The van der Waals surface area contributed by atoms with Gasteiger partial charge in [-0.1, -0.05) is 6.07 Å². The molecule has 0 aliphatic rings. The highest BCUT2D eigenvalue weighted by molar-refractivity contribution is 7.13. The van der Waals surface area contributed by atoms with Crippen LogP contribution in [0.4, 0.5) is 0 Å². The number of nitrogens with one attached hydrogen (secondary N) is 1. The molecule has 0 aromatic carbocycles. The number of aliphatic hydroxyl groups is 1. The van der Waals surface area contributed by atoms with Crippen molar-refractivity contribution < 1.29 is 14.6 Å². The highest BCUT2D eigenvalue weighted by Crippen LogP contribution is 2.30. The van der Waals surface area contributed by atoms with Crippen LogP contribution in [0.1, 0.15) is 29.3 Å². The molecule has 2 heterocycles. The first kappa shape index (κ1) is 13.8. The summed E-state index contributed by atoms with van der Waals surface area (Å²) in [5.41, 5.74) is 2.30. The van der Waals surface area contributed by atoms with Crippen LogP contribution >= 0.6 is 11.3 Å². The molecule has 0 atom stereocenters. The zero-order valence-corrected chi connectivity index (χ0v) is 11.6. The number of carbonyl (C=O) groups excluding carboxylic acids is 1. The molecule has 0 unspecified atom stereocenters. The number of esters is 1. The van der Waals surface area contributed by atoms with Gasteiger partial charge in [-0.15, -0.1) is 11.3 Å². The number of aliphatic hydroxyl groups excluding tert-OH is 1. The van der Waals surface area contributed by atoms with Gasteiger partial charge in [-0.05, 0) is 36.8 Å². The fourth-order valence-corrected chi connectivity index (χ4v) is 2.72. The van der Waals surface area contributed by atoms with Crippen molar-refractivity contribution in [1.29, 1.82) is 0 Å². The van der Waals surface area contributed by atoms with Crippen LogP contribution in [0.2, 0.25) is 0 Å². The number of rotatable bonds is 6. The summed E-state index contributed by atoms with van der Waals surface area (Å²) in [5.74, 6) is -0.305. The molecule has 0 aliphatic carbocycles. The average molecular weight is 279 g/mol. The number of ether oxygens (including phenoxy) is 1. The van der Waals surface area contributed by atoms with Crippen molar-refractivity contribution in [2.45, 2.75) is 19.8 Å². The summed E-state index contributed by atoms with van der Waals surface area (Å²) in [6.07, 6.45) is 3.12. The molecule has 5 heteroatoms. The van der Waals surface area contributed by atoms with Gasteiger partial charge in [0.15, 0.2) is 0 Å². The smallest absolute Gasteiger partial charge is 0.340 e. The van der Waals surface area contributed by atoms with E-state index in [-0.39, 0.29) is 12.6 Å². The van der Waals surface area contributed by atoms with Gasteiger partial charge >= 0.3 is 5.97 Å². The third kappa shape index (κ3) is 3.05. The van der Waals surface area contributed by atoms with Crippen molar-refractivity contribution in [2.24, 2.45) is 0 Å². The molecule has 2 aromatic heterocycles. The minimum atomic E-state index is -0.305. The van der Waals surface area contributed by atoms with Gasteiger partial charge in [0, 0.05) is 12.8 Å². The molecular formula is C14H17NO3S. The Labute approximate surface area is 116 Å². The molecule has 0 bridgehead atoms. The maximum Gasteiger partial charge on any atom is 0.340 e. The van der Waals surface area contributed by atoms with Crippen LogP contribution in [0.3, 0.4) is 0 Å².